The number of amides is 2. The Hall–Kier alpha value is -2.83. The molecule has 7 nitrogen and oxygen atoms in total. The van der Waals surface area contributed by atoms with Crippen molar-refractivity contribution in [2.24, 2.45) is 5.41 Å². The van der Waals surface area contributed by atoms with Crippen LogP contribution in [0.4, 0.5) is 0 Å². The molecule has 0 aromatic carbocycles. The minimum atomic E-state index is -0.479. The molecule has 0 radical (unpaired) electrons. The SMILES string of the molecule is COc1ccc(C(=O)N2CC[C@]3(CCCN(Cc4cccnc4)C3=O)C2)o1. The first kappa shape index (κ1) is 17.6. The number of hydrogen-bond donors (Lipinski definition) is 0. The van der Waals surface area contributed by atoms with Crippen molar-refractivity contribution in [2.75, 3.05) is 26.7 Å². The van der Waals surface area contributed by atoms with Gasteiger partial charge in [0, 0.05) is 44.6 Å². The van der Waals surface area contributed by atoms with Crippen LogP contribution in [-0.2, 0) is 11.3 Å². The molecule has 0 aliphatic carbocycles. The molecule has 7 heteroatoms. The standard InChI is InChI=1S/C20H23N3O4/c1-26-17-6-5-16(27-17)18(24)23-11-8-20(14-23)7-3-10-22(19(20)25)13-15-4-2-9-21-12-15/h2,4-6,9,12H,3,7-8,10-11,13-14H2,1H3/t20-/m1/s1. The lowest BCUT2D eigenvalue weighted by atomic mass is 9.78. The molecule has 0 bridgehead atoms. The van der Waals surface area contributed by atoms with Crippen molar-refractivity contribution < 1.29 is 18.7 Å². The van der Waals surface area contributed by atoms with Crippen molar-refractivity contribution in [3.8, 4) is 5.95 Å². The zero-order valence-corrected chi connectivity index (χ0v) is 15.4. The third kappa shape index (κ3) is 3.29. The molecule has 2 aliphatic rings. The lowest BCUT2D eigenvalue weighted by Crippen LogP contribution is -2.50. The van der Waals surface area contributed by atoms with Gasteiger partial charge in [0.2, 0.25) is 5.91 Å². The normalized spacial score (nSPS) is 22.5. The smallest absolute Gasteiger partial charge is 0.289 e. The van der Waals surface area contributed by atoms with Crippen LogP contribution in [0.1, 0.15) is 35.4 Å². The lowest BCUT2D eigenvalue weighted by molar-refractivity contribution is -0.146. The maximum absolute atomic E-state index is 13.2. The number of aromatic nitrogens is 1. The highest BCUT2D eigenvalue weighted by molar-refractivity contribution is 5.93. The molecular formula is C20H23N3O4. The summed E-state index contributed by atoms with van der Waals surface area (Å²) in [5.41, 5.74) is 0.545. The van der Waals surface area contributed by atoms with E-state index in [1.54, 1.807) is 29.4 Å². The van der Waals surface area contributed by atoms with E-state index < -0.39 is 5.41 Å². The van der Waals surface area contributed by atoms with E-state index >= 15 is 0 Å². The van der Waals surface area contributed by atoms with Crippen LogP contribution in [0.5, 0.6) is 5.95 Å². The average molecular weight is 369 g/mol. The van der Waals surface area contributed by atoms with Crippen molar-refractivity contribution in [1.29, 1.82) is 0 Å². The summed E-state index contributed by atoms with van der Waals surface area (Å²) in [6.07, 6.45) is 5.98. The second-order valence-electron chi connectivity index (χ2n) is 7.27. The van der Waals surface area contributed by atoms with Gasteiger partial charge in [0.05, 0.1) is 12.5 Å². The minimum Gasteiger partial charge on any atom is -0.468 e. The highest BCUT2D eigenvalue weighted by Gasteiger charge is 2.49. The third-order valence-electron chi connectivity index (χ3n) is 5.55. The van der Waals surface area contributed by atoms with E-state index in [0.29, 0.717) is 32.0 Å². The Kier molecular flexibility index (Phi) is 4.59. The van der Waals surface area contributed by atoms with Gasteiger partial charge >= 0.3 is 0 Å². The molecule has 2 saturated heterocycles. The molecular weight excluding hydrogens is 346 g/mol. The highest BCUT2D eigenvalue weighted by Crippen LogP contribution is 2.41. The van der Waals surface area contributed by atoms with Gasteiger partial charge in [0.1, 0.15) is 0 Å². The Bertz CT molecular complexity index is 835. The molecule has 0 unspecified atom stereocenters. The second-order valence-corrected chi connectivity index (χ2v) is 7.27. The Balaban J connectivity index is 1.46. The van der Waals surface area contributed by atoms with Crippen LogP contribution >= 0.6 is 0 Å². The van der Waals surface area contributed by atoms with E-state index in [1.807, 2.05) is 17.0 Å². The maximum atomic E-state index is 13.2. The first-order chi connectivity index (χ1) is 13.1. The molecule has 2 aliphatic heterocycles. The van der Waals surface area contributed by atoms with Crippen LogP contribution in [0.25, 0.3) is 0 Å². The first-order valence-electron chi connectivity index (χ1n) is 9.23. The third-order valence-corrected chi connectivity index (χ3v) is 5.55. The van der Waals surface area contributed by atoms with Crippen LogP contribution in [0.3, 0.4) is 0 Å². The predicted molar refractivity (Wildman–Crippen MR) is 97.1 cm³/mol. The van der Waals surface area contributed by atoms with Gasteiger partial charge < -0.3 is 19.0 Å². The maximum Gasteiger partial charge on any atom is 0.289 e. The number of piperidine rings is 1. The quantitative estimate of drug-likeness (QED) is 0.827. The van der Waals surface area contributed by atoms with Gasteiger partial charge in [-0.05, 0) is 37.0 Å². The Labute approximate surface area is 157 Å². The number of methoxy groups -OCH3 is 1. The van der Waals surface area contributed by atoms with Gasteiger partial charge in [-0.25, -0.2) is 0 Å². The number of hydrogen-bond acceptors (Lipinski definition) is 5. The van der Waals surface area contributed by atoms with Gasteiger partial charge in [0.15, 0.2) is 5.76 Å². The molecule has 1 spiro atoms. The van der Waals surface area contributed by atoms with Gasteiger partial charge in [-0.15, -0.1) is 0 Å². The van der Waals surface area contributed by atoms with Gasteiger partial charge in [-0.3, -0.25) is 14.6 Å². The first-order valence-corrected chi connectivity index (χ1v) is 9.23. The summed E-state index contributed by atoms with van der Waals surface area (Å²) in [6, 6.07) is 7.10. The van der Waals surface area contributed by atoms with Gasteiger partial charge in [-0.2, -0.15) is 0 Å². The van der Waals surface area contributed by atoms with Crippen molar-refractivity contribution in [3.63, 3.8) is 0 Å². The summed E-state index contributed by atoms with van der Waals surface area (Å²) in [4.78, 5) is 33.7. The Morgan fingerprint density at radius 2 is 2.19 bits per heavy atom. The Morgan fingerprint density at radius 1 is 1.30 bits per heavy atom. The lowest BCUT2D eigenvalue weighted by Gasteiger charge is -2.39. The summed E-state index contributed by atoms with van der Waals surface area (Å²) in [5.74, 6) is 0.514. The molecule has 2 aromatic rings. The monoisotopic (exact) mass is 369 g/mol. The number of ether oxygens (including phenoxy) is 1. The van der Waals surface area contributed by atoms with Gasteiger partial charge in [-0.1, -0.05) is 6.07 Å². The number of likely N-dealkylation sites (tertiary alicyclic amines) is 2. The zero-order valence-electron chi connectivity index (χ0n) is 15.4. The van der Waals surface area contributed by atoms with Crippen LogP contribution in [-0.4, -0.2) is 53.3 Å². The van der Waals surface area contributed by atoms with Crippen molar-refractivity contribution in [2.45, 2.75) is 25.8 Å². The van der Waals surface area contributed by atoms with Crippen LogP contribution in [0.2, 0.25) is 0 Å². The molecule has 4 heterocycles. The number of carbonyl (C=O) groups is 2. The molecule has 2 aromatic heterocycles. The number of nitrogens with zero attached hydrogens (tertiary/aromatic N) is 3. The number of carbonyl (C=O) groups excluding carboxylic acids is 2. The summed E-state index contributed by atoms with van der Waals surface area (Å²) in [7, 11) is 1.50. The van der Waals surface area contributed by atoms with E-state index in [9.17, 15) is 9.59 Å². The van der Waals surface area contributed by atoms with Gasteiger partial charge in [0.25, 0.3) is 11.9 Å². The molecule has 2 fully saturated rings. The van der Waals surface area contributed by atoms with Crippen molar-refractivity contribution >= 4 is 11.8 Å². The molecule has 27 heavy (non-hydrogen) atoms. The molecule has 1 atom stereocenters. The molecule has 2 amide bonds. The van der Waals surface area contributed by atoms with E-state index in [1.165, 1.54) is 7.11 Å². The predicted octanol–water partition coefficient (Wildman–Crippen LogP) is 2.34. The molecule has 0 saturated carbocycles. The fourth-order valence-corrected chi connectivity index (χ4v) is 4.14. The topological polar surface area (TPSA) is 75.9 Å². The van der Waals surface area contributed by atoms with E-state index in [0.717, 1.165) is 24.9 Å². The summed E-state index contributed by atoms with van der Waals surface area (Å²) >= 11 is 0. The van der Waals surface area contributed by atoms with Crippen molar-refractivity contribution in [3.05, 3.63) is 48.0 Å². The minimum absolute atomic E-state index is 0.143. The van der Waals surface area contributed by atoms with E-state index in [4.69, 9.17) is 9.15 Å². The molecule has 142 valence electrons. The van der Waals surface area contributed by atoms with E-state index in [2.05, 4.69) is 4.98 Å². The largest absolute Gasteiger partial charge is 0.468 e. The molecule has 4 rings (SSSR count). The van der Waals surface area contributed by atoms with Crippen LogP contribution in [0, 0.1) is 5.41 Å². The summed E-state index contributed by atoms with van der Waals surface area (Å²) in [5, 5.41) is 0. The fraction of sp³-hybridized carbons (Fsp3) is 0.450. The number of pyridine rings is 1. The molecule has 0 N–H and O–H groups in total. The van der Waals surface area contributed by atoms with E-state index in [-0.39, 0.29) is 17.6 Å². The van der Waals surface area contributed by atoms with Crippen molar-refractivity contribution in [1.82, 2.24) is 14.8 Å². The summed E-state index contributed by atoms with van der Waals surface area (Å²) in [6.45, 7) is 2.32. The fourth-order valence-electron chi connectivity index (χ4n) is 4.14. The van der Waals surface area contributed by atoms with Crippen LogP contribution in [0.15, 0.2) is 41.1 Å². The average Bonchev–Trinajstić information content (AvgIpc) is 3.34. The Morgan fingerprint density at radius 3 is 2.93 bits per heavy atom. The highest BCUT2D eigenvalue weighted by atomic mass is 16.6. The summed E-state index contributed by atoms with van der Waals surface area (Å²) < 4.78 is 10.4. The number of rotatable bonds is 4. The second kappa shape index (κ2) is 7.06. The number of furan rings is 1. The zero-order chi connectivity index (χ0) is 18.9. The van der Waals surface area contributed by atoms with Crippen LogP contribution < -0.4 is 4.74 Å².